The molecular weight excluding hydrogens is 218 g/mol. The van der Waals surface area contributed by atoms with E-state index in [-0.39, 0.29) is 11.8 Å². The van der Waals surface area contributed by atoms with E-state index in [2.05, 4.69) is 5.10 Å². The Hall–Kier alpha value is -1.88. The van der Waals surface area contributed by atoms with Crippen LogP contribution in [0.5, 0.6) is 0 Å². The fourth-order valence-electron chi connectivity index (χ4n) is 2.17. The average molecular weight is 231 g/mol. The van der Waals surface area contributed by atoms with E-state index in [1.165, 1.54) is 0 Å². The molecule has 2 aromatic heterocycles. The van der Waals surface area contributed by atoms with Gasteiger partial charge in [-0.15, -0.1) is 0 Å². The Kier molecular flexibility index (Phi) is 2.16. The number of nitrogens with zero attached hydrogens (tertiary/aromatic N) is 2. The highest BCUT2D eigenvalue weighted by Crippen LogP contribution is 2.29. The number of furan rings is 1. The molecule has 0 saturated carbocycles. The lowest BCUT2D eigenvalue weighted by molar-refractivity contribution is 0.0962. The number of carbonyl (C=O) groups is 1. The molecule has 17 heavy (non-hydrogen) atoms. The molecule has 88 valence electrons. The molecule has 2 N–H and O–H groups in total. The molecule has 0 spiro atoms. The van der Waals surface area contributed by atoms with Crippen LogP contribution in [-0.4, -0.2) is 21.6 Å². The molecule has 0 aromatic carbocycles. The SMILES string of the molecule is Cn1cc(-c2cc3c(o2)CC(N)CC3=O)cn1. The van der Waals surface area contributed by atoms with Crippen LogP contribution in [0.1, 0.15) is 22.5 Å². The van der Waals surface area contributed by atoms with E-state index in [1.54, 1.807) is 16.9 Å². The highest BCUT2D eigenvalue weighted by molar-refractivity contribution is 5.99. The number of nitrogens with two attached hydrogens (primary N) is 1. The summed E-state index contributed by atoms with van der Waals surface area (Å²) < 4.78 is 7.39. The Balaban J connectivity index is 2.05. The molecule has 3 rings (SSSR count). The normalized spacial score (nSPS) is 19.4. The summed E-state index contributed by atoms with van der Waals surface area (Å²) in [5.74, 6) is 1.45. The fraction of sp³-hybridized carbons (Fsp3) is 0.333. The van der Waals surface area contributed by atoms with Gasteiger partial charge in [-0.05, 0) is 6.07 Å². The largest absolute Gasteiger partial charge is 0.460 e. The lowest BCUT2D eigenvalue weighted by Crippen LogP contribution is -2.30. The van der Waals surface area contributed by atoms with Gasteiger partial charge in [0.2, 0.25) is 0 Å². The van der Waals surface area contributed by atoms with Gasteiger partial charge in [0, 0.05) is 32.1 Å². The van der Waals surface area contributed by atoms with Crippen molar-refractivity contribution in [2.24, 2.45) is 12.8 Å². The Morgan fingerprint density at radius 3 is 3.06 bits per heavy atom. The molecule has 2 aromatic rings. The summed E-state index contributed by atoms with van der Waals surface area (Å²) in [6.07, 6.45) is 4.60. The number of rotatable bonds is 1. The summed E-state index contributed by atoms with van der Waals surface area (Å²) in [6, 6.07) is 1.67. The van der Waals surface area contributed by atoms with Crippen LogP contribution in [0.25, 0.3) is 11.3 Å². The van der Waals surface area contributed by atoms with Crippen molar-refractivity contribution in [1.82, 2.24) is 9.78 Å². The van der Waals surface area contributed by atoms with Crippen LogP contribution in [0.2, 0.25) is 0 Å². The smallest absolute Gasteiger partial charge is 0.167 e. The zero-order valence-electron chi connectivity index (χ0n) is 9.51. The van der Waals surface area contributed by atoms with Crippen molar-refractivity contribution >= 4 is 5.78 Å². The first kappa shape index (κ1) is 10.3. The van der Waals surface area contributed by atoms with Gasteiger partial charge in [-0.1, -0.05) is 0 Å². The highest BCUT2D eigenvalue weighted by Gasteiger charge is 2.27. The van der Waals surface area contributed by atoms with Gasteiger partial charge in [0.05, 0.1) is 17.3 Å². The molecule has 1 aliphatic rings. The summed E-state index contributed by atoms with van der Waals surface area (Å²) in [5, 5.41) is 4.08. The van der Waals surface area contributed by atoms with E-state index in [1.807, 2.05) is 13.2 Å². The standard InChI is InChI=1S/C12H13N3O2/c1-15-6-7(5-14-15)11-4-9-10(16)2-8(13)3-12(9)17-11/h4-6,8H,2-3,13H2,1H3. The molecule has 0 bridgehead atoms. The van der Waals surface area contributed by atoms with Gasteiger partial charge in [0.15, 0.2) is 5.78 Å². The van der Waals surface area contributed by atoms with Crippen LogP contribution in [0.3, 0.4) is 0 Å². The zero-order valence-corrected chi connectivity index (χ0v) is 9.51. The third-order valence-corrected chi connectivity index (χ3v) is 2.99. The number of ketones is 1. The zero-order chi connectivity index (χ0) is 12.0. The van der Waals surface area contributed by atoms with Crippen molar-refractivity contribution in [3.8, 4) is 11.3 Å². The molecule has 0 amide bonds. The molecule has 0 saturated heterocycles. The molecule has 1 aliphatic carbocycles. The summed E-state index contributed by atoms with van der Waals surface area (Å²) in [7, 11) is 1.84. The van der Waals surface area contributed by atoms with E-state index in [0.29, 0.717) is 29.9 Å². The minimum atomic E-state index is -0.122. The third-order valence-electron chi connectivity index (χ3n) is 2.99. The lowest BCUT2D eigenvalue weighted by atomic mass is 9.93. The van der Waals surface area contributed by atoms with Gasteiger partial charge in [-0.2, -0.15) is 5.10 Å². The Bertz CT molecular complexity index is 582. The highest BCUT2D eigenvalue weighted by atomic mass is 16.3. The number of carbonyl (C=O) groups excluding carboxylic acids is 1. The summed E-state index contributed by atoms with van der Waals surface area (Å²) in [6.45, 7) is 0. The molecule has 0 aliphatic heterocycles. The van der Waals surface area contributed by atoms with Gasteiger partial charge in [0.25, 0.3) is 0 Å². The topological polar surface area (TPSA) is 74.1 Å². The predicted molar refractivity (Wildman–Crippen MR) is 61.5 cm³/mol. The first-order chi connectivity index (χ1) is 8.13. The Labute approximate surface area is 98.2 Å². The molecule has 0 fully saturated rings. The van der Waals surface area contributed by atoms with Crippen LogP contribution in [0, 0.1) is 0 Å². The maximum absolute atomic E-state index is 11.8. The molecule has 5 heteroatoms. The van der Waals surface area contributed by atoms with E-state index >= 15 is 0 Å². The van der Waals surface area contributed by atoms with Crippen molar-refractivity contribution in [1.29, 1.82) is 0 Å². The first-order valence-electron chi connectivity index (χ1n) is 5.54. The van der Waals surface area contributed by atoms with Crippen LogP contribution < -0.4 is 5.73 Å². The van der Waals surface area contributed by atoms with Crippen molar-refractivity contribution < 1.29 is 9.21 Å². The Morgan fingerprint density at radius 1 is 1.53 bits per heavy atom. The monoisotopic (exact) mass is 231 g/mol. The number of aryl methyl sites for hydroxylation is 1. The minimum absolute atomic E-state index is 0.0673. The van der Waals surface area contributed by atoms with Crippen molar-refractivity contribution in [2.45, 2.75) is 18.9 Å². The minimum Gasteiger partial charge on any atom is -0.460 e. The van der Waals surface area contributed by atoms with Crippen LogP contribution in [0.4, 0.5) is 0 Å². The van der Waals surface area contributed by atoms with Gasteiger partial charge in [-0.25, -0.2) is 0 Å². The van der Waals surface area contributed by atoms with Gasteiger partial charge < -0.3 is 10.2 Å². The number of hydrogen-bond donors (Lipinski definition) is 1. The average Bonchev–Trinajstić information content (AvgIpc) is 2.83. The van der Waals surface area contributed by atoms with E-state index in [0.717, 1.165) is 5.56 Å². The van der Waals surface area contributed by atoms with E-state index < -0.39 is 0 Å². The molecule has 1 unspecified atom stereocenters. The summed E-state index contributed by atoms with van der Waals surface area (Å²) in [4.78, 5) is 11.8. The number of aromatic nitrogens is 2. The van der Waals surface area contributed by atoms with Crippen LogP contribution >= 0.6 is 0 Å². The second kappa shape index (κ2) is 3.56. The fourth-order valence-corrected chi connectivity index (χ4v) is 2.17. The molecule has 1 atom stereocenters. The molecule has 2 heterocycles. The molecular formula is C12H13N3O2. The molecule has 5 nitrogen and oxygen atoms in total. The van der Waals surface area contributed by atoms with Gasteiger partial charge in [0.1, 0.15) is 11.5 Å². The van der Waals surface area contributed by atoms with Crippen molar-refractivity contribution in [2.75, 3.05) is 0 Å². The van der Waals surface area contributed by atoms with Crippen LogP contribution in [-0.2, 0) is 13.5 Å². The second-order valence-electron chi connectivity index (χ2n) is 4.44. The molecule has 0 radical (unpaired) electrons. The number of fused-ring (bicyclic) bond motifs is 1. The van der Waals surface area contributed by atoms with Crippen molar-refractivity contribution in [3.63, 3.8) is 0 Å². The predicted octanol–water partition coefficient (Wildman–Crippen LogP) is 1.14. The van der Waals surface area contributed by atoms with Gasteiger partial charge >= 0.3 is 0 Å². The second-order valence-corrected chi connectivity index (χ2v) is 4.44. The van der Waals surface area contributed by atoms with Gasteiger partial charge in [-0.3, -0.25) is 9.48 Å². The Morgan fingerprint density at radius 2 is 2.35 bits per heavy atom. The van der Waals surface area contributed by atoms with E-state index in [9.17, 15) is 4.79 Å². The summed E-state index contributed by atoms with van der Waals surface area (Å²) >= 11 is 0. The third kappa shape index (κ3) is 1.68. The number of hydrogen-bond acceptors (Lipinski definition) is 4. The van der Waals surface area contributed by atoms with Crippen LogP contribution in [0.15, 0.2) is 22.9 Å². The van der Waals surface area contributed by atoms with E-state index in [4.69, 9.17) is 10.2 Å². The lowest BCUT2D eigenvalue weighted by Gasteiger charge is -2.14. The summed E-state index contributed by atoms with van der Waals surface area (Å²) in [5.41, 5.74) is 7.34. The first-order valence-corrected chi connectivity index (χ1v) is 5.54. The maximum Gasteiger partial charge on any atom is 0.167 e. The maximum atomic E-state index is 11.8. The quantitative estimate of drug-likeness (QED) is 0.798. The van der Waals surface area contributed by atoms with Crippen molar-refractivity contribution in [3.05, 3.63) is 29.8 Å². The number of Topliss-reactive ketones (excluding diaryl/α,β-unsaturated/α-hetero) is 1.